The molecule has 0 aliphatic carbocycles. The van der Waals surface area contributed by atoms with Crippen molar-refractivity contribution in [3.05, 3.63) is 58.6 Å². The molecule has 0 aliphatic heterocycles. The summed E-state index contributed by atoms with van der Waals surface area (Å²) in [5.74, 6) is -0.369. The zero-order valence-corrected chi connectivity index (χ0v) is 10.0. The molecule has 88 valence electrons. The summed E-state index contributed by atoms with van der Waals surface area (Å²) in [6.07, 6.45) is 1.80. The highest BCUT2D eigenvalue weighted by Crippen LogP contribution is 2.19. The molecule has 4 heteroatoms. The van der Waals surface area contributed by atoms with Gasteiger partial charge in [-0.25, -0.2) is 4.39 Å². The maximum Gasteiger partial charge on any atom is 0.176 e. The number of hydrogen-bond acceptors (Lipinski definition) is 1. The van der Waals surface area contributed by atoms with Gasteiger partial charge in [-0.1, -0.05) is 17.7 Å². The maximum atomic E-state index is 12.9. The molecule has 0 aliphatic rings. The molecule has 2 rings (SSSR count). The van der Waals surface area contributed by atoms with Crippen LogP contribution in [0.3, 0.4) is 0 Å². The van der Waals surface area contributed by atoms with Gasteiger partial charge >= 0.3 is 0 Å². The van der Waals surface area contributed by atoms with Gasteiger partial charge in [0, 0.05) is 24.7 Å². The van der Waals surface area contributed by atoms with Crippen LogP contribution >= 0.6 is 11.6 Å². The Labute approximate surface area is 104 Å². The van der Waals surface area contributed by atoms with Gasteiger partial charge < -0.3 is 4.57 Å². The van der Waals surface area contributed by atoms with E-state index >= 15 is 0 Å². The summed E-state index contributed by atoms with van der Waals surface area (Å²) in [5.41, 5.74) is 1.40. The smallest absolute Gasteiger partial charge is 0.176 e. The molecular formula is C13H11ClFNO. The van der Waals surface area contributed by atoms with Gasteiger partial charge in [-0.2, -0.15) is 0 Å². The molecule has 0 spiro atoms. The van der Waals surface area contributed by atoms with Crippen molar-refractivity contribution in [2.75, 3.05) is 0 Å². The SMILES string of the molecule is CC(=O)c1cccn1Cc1ccc(F)cc1Cl. The lowest BCUT2D eigenvalue weighted by Gasteiger charge is -2.08. The van der Waals surface area contributed by atoms with E-state index in [1.165, 1.54) is 19.1 Å². The standard InChI is InChI=1S/C13H11ClFNO/c1-9(17)13-3-2-6-16(13)8-10-4-5-11(15)7-12(10)14/h2-7H,8H2,1H3. The molecule has 0 saturated carbocycles. The second-order valence-corrected chi connectivity index (χ2v) is 4.22. The fourth-order valence-electron chi connectivity index (χ4n) is 1.71. The van der Waals surface area contributed by atoms with Crippen LogP contribution in [-0.2, 0) is 6.54 Å². The first-order valence-electron chi connectivity index (χ1n) is 5.18. The van der Waals surface area contributed by atoms with Gasteiger partial charge in [0.15, 0.2) is 5.78 Å². The fourth-order valence-corrected chi connectivity index (χ4v) is 1.93. The molecule has 0 unspecified atom stereocenters. The van der Waals surface area contributed by atoms with Crippen LogP contribution < -0.4 is 0 Å². The minimum atomic E-state index is -0.363. The van der Waals surface area contributed by atoms with Gasteiger partial charge in [0.05, 0.1) is 5.69 Å². The van der Waals surface area contributed by atoms with E-state index < -0.39 is 0 Å². The van der Waals surface area contributed by atoms with Crippen LogP contribution in [0.5, 0.6) is 0 Å². The van der Waals surface area contributed by atoms with E-state index in [2.05, 4.69) is 0 Å². The Morgan fingerprint density at radius 3 is 2.82 bits per heavy atom. The summed E-state index contributed by atoms with van der Waals surface area (Å²) in [5, 5.41) is 0.369. The first-order valence-corrected chi connectivity index (χ1v) is 5.56. The Kier molecular flexibility index (Phi) is 3.29. The number of hydrogen-bond donors (Lipinski definition) is 0. The van der Waals surface area contributed by atoms with Gasteiger partial charge in [0.2, 0.25) is 0 Å². The Hall–Kier alpha value is -1.61. The first-order chi connectivity index (χ1) is 8.08. The number of carbonyl (C=O) groups is 1. The third-order valence-corrected chi connectivity index (χ3v) is 2.90. The van der Waals surface area contributed by atoms with Crippen molar-refractivity contribution < 1.29 is 9.18 Å². The van der Waals surface area contributed by atoms with Gasteiger partial charge in [0.25, 0.3) is 0 Å². The van der Waals surface area contributed by atoms with Crippen LogP contribution in [0.25, 0.3) is 0 Å². The molecule has 0 fully saturated rings. The molecule has 2 aromatic rings. The summed E-state index contributed by atoms with van der Waals surface area (Å²) in [7, 11) is 0. The predicted molar refractivity (Wildman–Crippen MR) is 64.9 cm³/mol. The van der Waals surface area contributed by atoms with Crippen molar-refractivity contribution in [2.45, 2.75) is 13.5 Å². The molecule has 1 aromatic carbocycles. The molecule has 0 amide bonds. The second-order valence-electron chi connectivity index (χ2n) is 3.81. The van der Waals surface area contributed by atoms with E-state index in [0.29, 0.717) is 17.3 Å². The molecule has 0 bridgehead atoms. The number of nitrogens with zero attached hydrogens (tertiary/aromatic N) is 1. The van der Waals surface area contributed by atoms with Crippen LogP contribution in [0, 0.1) is 5.82 Å². The van der Waals surface area contributed by atoms with Gasteiger partial charge in [-0.15, -0.1) is 0 Å². The first kappa shape index (κ1) is 11.9. The Balaban J connectivity index is 2.31. The minimum Gasteiger partial charge on any atom is -0.341 e. The number of halogens is 2. The molecule has 0 N–H and O–H groups in total. The van der Waals surface area contributed by atoms with Crippen molar-refractivity contribution in [1.29, 1.82) is 0 Å². The average molecular weight is 252 g/mol. The minimum absolute atomic E-state index is 0.00626. The van der Waals surface area contributed by atoms with Gasteiger partial charge in [0.1, 0.15) is 5.82 Å². The van der Waals surface area contributed by atoms with Crippen molar-refractivity contribution in [1.82, 2.24) is 4.57 Å². The maximum absolute atomic E-state index is 12.9. The molecule has 17 heavy (non-hydrogen) atoms. The Bertz CT molecular complexity index is 562. The molecule has 1 aromatic heterocycles. The normalized spacial score (nSPS) is 10.5. The number of ketones is 1. The van der Waals surface area contributed by atoms with Gasteiger partial charge in [-0.05, 0) is 29.8 Å². The summed E-state index contributed by atoms with van der Waals surface area (Å²) < 4.78 is 14.7. The van der Waals surface area contributed by atoms with Crippen LogP contribution in [0.1, 0.15) is 23.0 Å². The average Bonchev–Trinajstić information content (AvgIpc) is 2.70. The van der Waals surface area contributed by atoms with Gasteiger partial charge in [-0.3, -0.25) is 4.79 Å². The Morgan fingerprint density at radius 2 is 2.18 bits per heavy atom. The zero-order chi connectivity index (χ0) is 12.4. The largest absolute Gasteiger partial charge is 0.341 e. The number of carbonyl (C=O) groups excluding carboxylic acids is 1. The second kappa shape index (κ2) is 4.72. The van der Waals surface area contributed by atoms with Crippen LogP contribution in [0.15, 0.2) is 36.5 Å². The highest BCUT2D eigenvalue weighted by Gasteiger charge is 2.08. The van der Waals surface area contributed by atoms with Crippen LogP contribution in [0.2, 0.25) is 5.02 Å². The molecule has 0 saturated heterocycles. The molecular weight excluding hydrogens is 241 g/mol. The van der Waals surface area contributed by atoms with E-state index in [4.69, 9.17) is 11.6 Å². The molecule has 2 nitrogen and oxygen atoms in total. The summed E-state index contributed by atoms with van der Waals surface area (Å²) in [4.78, 5) is 11.3. The lowest BCUT2D eigenvalue weighted by atomic mass is 10.2. The van der Waals surface area contributed by atoms with Crippen molar-refractivity contribution >= 4 is 17.4 Å². The van der Waals surface area contributed by atoms with Crippen LogP contribution in [-0.4, -0.2) is 10.4 Å². The molecule has 1 heterocycles. The van der Waals surface area contributed by atoms with Crippen molar-refractivity contribution in [3.8, 4) is 0 Å². The van der Waals surface area contributed by atoms with E-state index in [1.54, 1.807) is 29.0 Å². The quantitative estimate of drug-likeness (QED) is 0.765. The van der Waals surface area contributed by atoms with E-state index in [1.807, 2.05) is 0 Å². The number of Topliss-reactive ketones (excluding diaryl/α,β-unsaturated/α-hetero) is 1. The number of aromatic nitrogens is 1. The summed E-state index contributed by atoms with van der Waals surface area (Å²) in [6, 6.07) is 7.81. The summed E-state index contributed by atoms with van der Waals surface area (Å²) in [6.45, 7) is 1.97. The summed E-state index contributed by atoms with van der Waals surface area (Å²) >= 11 is 5.94. The molecule has 0 radical (unpaired) electrons. The highest BCUT2D eigenvalue weighted by atomic mass is 35.5. The topological polar surface area (TPSA) is 22.0 Å². The number of benzene rings is 1. The fraction of sp³-hybridized carbons (Fsp3) is 0.154. The Morgan fingerprint density at radius 1 is 1.41 bits per heavy atom. The predicted octanol–water partition coefficient (Wildman–Crippen LogP) is 3.53. The van der Waals surface area contributed by atoms with E-state index in [9.17, 15) is 9.18 Å². The monoisotopic (exact) mass is 251 g/mol. The van der Waals surface area contributed by atoms with E-state index in [0.717, 1.165) is 5.56 Å². The number of rotatable bonds is 3. The lowest BCUT2D eigenvalue weighted by molar-refractivity contribution is 0.100. The third-order valence-electron chi connectivity index (χ3n) is 2.55. The molecule has 0 atom stereocenters. The highest BCUT2D eigenvalue weighted by molar-refractivity contribution is 6.31. The van der Waals surface area contributed by atoms with Crippen molar-refractivity contribution in [3.63, 3.8) is 0 Å². The van der Waals surface area contributed by atoms with Crippen molar-refractivity contribution in [2.24, 2.45) is 0 Å². The van der Waals surface area contributed by atoms with Crippen LogP contribution in [0.4, 0.5) is 4.39 Å². The lowest BCUT2D eigenvalue weighted by Crippen LogP contribution is -2.07. The van der Waals surface area contributed by atoms with E-state index in [-0.39, 0.29) is 11.6 Å². The third kappa shape index (κ3) is 2.56. The zero-order valence-electron chi connectivity index (χ0n) is 9.28.